The molecule has 17 heavy (non-hydrogen) atoms. The van der Waals surface area contributed by atoms with E-state index in [4.69, 9.17) is 5.11 Å². The molecule has 0 atom stereocenters. The molecule has 0 saturated heterocycles. The van der Waals surface area contributed by atoms with Crippen molar-refractivity contribution in [1.29, 1.82) is 0 Å². The summed E-state index contributed by atoms with van der Waals surface area (Å²) in [5.41, 5.74) is 0. The smallest absolute Gasteiger partial charge is 0.205 e. The summed E-state index contributed by atoms with van der Waals surface area (Å²) in [4.78, 5) is 6.75. The third-order valence-corrected chi connectivity index (χ3v) is 3.69. The highest BCUT2D eigenvalue weighted by atomic mass is 32.1. The van der Waals surface area contributed by atoms with E-state index in [2.05, 4.69) is 35.0 Å². The van der Waals surface area contributed by atoms with Crippen LogP contribution in [-0.4, -0.2) is 33.7 Å². The van der Waals surface area contributed by atoms with Crippen LogP contribution in [0.5, 0.6) is 0 Å². The van der Waals surface area contributed by atoms with Crippen molar-refractivity contribution in [2.24, 2.45) is 0 Å². The van der Waals surface area contributed by atoms with Gasteiger partial charge in [-0.3, -0.25) is 0 Å². The van der Waals surface area contributed by atoms with E-state index in [1.807, 2.05) is 0 Å². The van der Waals surface area contributed by atoms with Gasteiger partial charge in [-0.15, -0.1) is 0 Å². The molecule has 0 spiro atoms. The molecule has 1 aromatic heterocycles. The van der Waals surface area contributed by atoms with Gasteiger partial charge in [0.1, 0.15) is 5.82 Å². The Morgan fingerprint density at radius 3 is 2.53 bits per heavy atom. The number of anilines is 1. The molecule has 5 heteroatoms. The molecule has 4 nitrogen and oxygen atoms in total. The van der Waals surface area contributed by atoms with Gasteiger partial charge in [-0.25, -0.2) is 4.98 Å². The maximum Gasteiger partial charge on any atom is 0.205 e. The second kappa shape index (κ2) is 7.61. The van der Waals surface area contributed by atoms with Gasteiger partial charge in [0, 0.05) is 30.5 Å². The lowest BCUT2D eigenvalue weighted by atomic mass is 10.1. The van der Waals surface area contributed by atoms with Gasteiger partial charge in [-0.2, -0.15) is 4.37 Å². The fraction of sp³-hybridized carbons (Fsp3) is 0.833. The van der Waals surface area contributed by atoms with Crippen LogP contribution in [0, 0.1) is 0 Å². The van der Waals surface area contributed by atoms with E-state index in [9.17, 15) is 0 Å². The number of nitrogens with zero attached hydrogens (tertiary/aromatic N) is 3. The molecule has 1 N–H and O–H groups in total. The Morgan fingerprint density at radius 1 is 1.29 bits per heavy atom. The van der Waals surface area contributed by atoms with E-state index in [1.54, 1.807) is 0 Å². The number of hydrogen-bond acceptors (Lipinski definition) is 5. The molecule has 0 fully saturated rings. The summed E-state index contributed by atoms with van der Waals surface area (Å²) in [5.74, 6) is 0.932. The highest BCUT2D eigenvalue weighted by Crippen LogP contribution is 2.22. The van der Waals surface area contributed by atoms with Gasteiger partial charge in [-0.05, 0) is 19.3 Å². The Hall–Kier alpha value is -0.680. The predicted molar refractivity (Wildman–Crippen MR) is 72.7 cm³/mol. The summed E-state index contributed by atoms with van der Waals surface area (Å²) in [7, 11) is 0. The number of aliphatic hydroxyl groups excluding tert-OH is 1. The first-order valence-electron chi connectivity index (χ1n) is 6.46. The van der Waals surface area contributed by atoms with Crippen molar-refractivity contribution in [2.45, 2.75) is 52.5 Å². The monoisotopic (exact) mass is 257 g/mol. The standard InChI is InChI=1S/C12H23N3OS/c1-4-7-11-13-12(17-14-11)15(8-9-16)10(5-2)6-3/h10,16H,4-9H2,1-3H3. The number of hydrogen-bond donors (Lipinski definition) is 1. The van der Waals surface area contributed by atoms with Crippen LogP contribution in [0.15, 0.2) is 0 Å². The zero-order valence-electron chi connectivity index (χ0n) is 11.0. The van der Waals surface area contributed by atoms with Gasteiger partial charge in [0.2, 0.25) is 5.13 Å². The predicted octanol–water partition coefficient (Wildman–Crippen LogP) is 2.48. The molecule has 0 amide bonds. The third-order valence-electron chi connectivity index (χ3n) is 2.90. The molecule has 0 aromatic carbocycles. The largest absolute Gasteiger partial charge is 0.395 e. The van der Waals surface area contributed by atoms with Gasteiger partial charge in [0.25, 0.3) is 0 Å². The normalized spacial score (nSPS) is 11.1. The third kappa shape index (κ3) is 3.92. The molecule has 1 rings (SSSR count). The Labute approximate surface area is 108 Å². The van der Waals surface area contributed by atoms with Crippen LogP contribution in [0.25, 0.3) is 0 Å². The van der Waals surface area contributed by atoms with Crippen molar-refractivity contribution in [1.82, 2.24) is 9.36 Å². The molecule has 0 aliphatic heterocycles. The fourth-order valence-electron chi connectivity index (χ4n) is 1.96. The van der Waals surface area contributed by atoms with Gasteiger partial charge < -0.3 is 10.0 Å². The fourth-order valence-corrected chi connectivity index (χ4v) is 2.77. The first kappa shape index (κ1) is 14.4. The van der Waals surface area contributed by atoms with E-state index < -0.39 is 0 Å². The lowest BCUT2D eigenvalue weighted by Crippen LogP contribution is -2.36. The van der Waals surface area contributed by atoms with Crippen LogP contribution in [0.3, 0.4) is 0 Å². The van der Waals surface area contributed by atoms with Crippen molar-refractivity contribution in [3.8, 4) is 0 Å². The number of aryl methyl sites for hydroxylation is 1. The molecule has 0 unspecified atom stereocenters. The van der Waals surface area contributed by atoms with Gasteiger partial charge in [0.15, 0.2) is 0 Å². The van der Waals surface area contributed by atoms with E-state index in [0.29, 0.717) is 12.6 Å². The molecule has 1 aromatic rings. The minimum absolute atomic E-state index is 0.166. The zero-order valence-corrected chi connectivity index (χ0v) is 11.8. The van der Waals surface area contributed by atoms with Gasteiger partial charge >= 0.3 is 0 Å². The maximum atomic E-state index is 9.16. The summed E-state index contributed by atoms with van der Waals surface area (Å²) in [5, 5.41) is 10.1. The summed E-state index contributed by atoms with van der Waals surface area (Å²) < 4.78 is 4.37. The van der Waals surface area contributed by atoms with Gasteiger partial charge in [0.05, 0.1) is 6.61 Å². The van der Waals surface area contributed by atoms with Crippen molar-refractivity contribution >= 4 is 16.7 Å². The number of rotatable bonds is 8. The Balaban J connectivity index is 2.80. The Morgan fingerprint density at radius 2 is 2.00 bits per heavy atom. The van der Waals surface area contributed by atoms with E-state index in [1.165, 1.54) is 11.5 Å². The van der Waals surface area contributed by atoms with Crippen LogP contribution < -0.4 is 4.90 Å². The summed E-state index contributed by atoms with van der Waals surface area (Å²) >= 11 is 1.45. The second-order valence-electron chi connectivity index (χ2n) is 4.13. The minimum atomic E-state index is 0.166. The summed E-state index contributed by atoms with van der Waals surface area (Å²) in [6.07, 6.45) is 4.14. The summed E-state index contributed by atoms with van der Waals surface area (Å²) in [6, 6.07) is 0.449. The quantitative estimate of drug-likeness (QED) is 0.777. The number of aliphatic hydroxyl groups is 1. The van der Waals surface area contributed by atoms with Crippen molar-refractivity contribution in [2.75, 3.05) is 18.1 Å². The molecule has 0 bridgehead atoms. The van der Waals surface area contributed by atoms with Crippen molar-refractivity contribution in [3.05, 3.63) is 5.82 Å². The average molecular weight is 257 g/mol. The van der Waals surface area contributed by atoms with E-state index in [0.717, 1.165) is 36.6 Å². The van der Waals surface area contributed by atoms with Crippen LogP contribution in [0.2, 0.25) is 0 Å². The minimum Gasteiger partial charge on any atom is -0.395 e. The lowest BCUT2D eigenvalue weighted by molar-refractivity contribution is 0.296. The first-order valence-corrected chi connectivity index (χ1v) is 7.24. The van der Waals surface area contributed by atoms with Crippen LogP contribution in [0.1, 0.15) is 45.9 Å². The molecular weight excluding hydrogens is 234 g/mol. The Bertz CT molecular complexity index is 312. The molecule has 0 aliphatic rings. The van der Waals surface area contributed by atoms with Crippen LogP contribution >= 0.6 is 11.5 Å². The highest BCUT2D eigenvalue weighted by molar-refractivity contribution is 7.09. The maximum absolute atomic E-state index is 9.16. The van der Waals surface area contributed by atoms with Crippen LogP contribution in [0.4, 0.5) is 5.13 Å². The highest BCUT2D eigenvalue weighted by Gasteiger charge is 2.18. The average Bonchev–Trinajstić information content (AvgIpc) is 2.78. The number of aromatic nitrogens is 2. The lowest BCUT2D eigenvalue weighted by Gasteiger charge is -2.29. The molecule has 1 heterocycles. The van der Waals surface area contributed by atoms with E-state index in [-0.39, 0.29) is 6.61 Å². The van der Waals surface area contributed by atoms with Crippen molar-refractivity contribution in [3.63, 3.8) is 0 Å². The van der Waals surface area contributed by atoms with Crippen molar-refractivity contribution < 1.29 is 5.11 Å². The zero-order chi connectivity index (χ0) is 12.7. The first-order chi connectivity index (χ1) is 8.26. The molecular formula is C12H23N3OS. The summed E-state index contributed by atoms with van der Waals surface area (Å²) in [6.45, 7) is 7.29. The topological polar surface area (TPSA) is 49.2 Å². The van der Waals surface area contributed by atoms with E-state index >= 15 is 0 Å². The molecule has 0 radical (unpaired) electrons. The molecule has 98 valence electrons. The Kier molecular flexibility index (Phi) is 6.44. The molecule has 0 saturated carbocycles. The molecule has 0 aliphatic carbocycles. The van der Waals surface area contributed by atoms with Crippen LogP contribution in [-0.2, 0) is 6.42 Å². The second-order valence-corrected chi connectivity index (χ2v) is 4.86. The van der Waals surface area contributed by atoms with Gasteiger partial charge in [-0.1, -0.05) is 20.8 Å². The SMILES string of the molecule is CCCc1nsc(N(CCO)C(CC)CC)n1.